The molecule has 0 radical (unpaired) electrons. The number of pyridine rings is 2. The molecule has 8 heteroatoms. The second-order valence-corrected chi connectivity index (χ2v) is 5.48. The quantitative estimate of drug-likeness (QED) is 0.538. The number of aromatic amines is 1. The molecular weight excluding hydrogens is 334 g/mol. The van der Waals surface area contributed by atoms with Crippen LogP contribution in [0.2, 0.25) is 0 Å². The average molecular weight is 349 g/mol. The van der Waals surface area contributed by atoms with Gasteiger partial charge in [-0.25, -0.2) is 9.97 Å². The zero-order valence-corrected chi connectivity index (χ0v) is 13.9. The largest absolute Gasteiger partial charge is 0.485 e. The highest BCUT2D eigenvalue weighted by Gasteiger charge is 2.16. The molecule has 4 aromatic heterocycles. The van der Waals surface area contributed by atoms with Crippen molar-refractivity contribution in [3.05, 3.63) is 60.2 Å². The van der Waals surface area contributed by atoms with Crippen LogP contribution in [0.25, 0.3) is 17.0 Å². The predicted octanol–water partition coefficient (Wildman–Crippen LogP) is 2.52. The van der Waals surface area contributed by atoms with Gasteiger partial charge in [0.2, 0.25) is 5.88 Å². The third-order valence-electron chi connectivity index (χ3n) is 3.93. The number of rotatable bonds is 6. The number of methoxy groups -OCH3 is 1. The lowest BCUT2D eigenvalue weighted by atomic mass is 10.2. The van der Waals surface area contributed by atoms with E-state index in [-0.39, 0.29) is 6.61 Å². The number of aromatic nitrogens is 5. The number of ether oxygens (including phenoxy) is 2. The number of aldehydes is 1. The highest BCUT2D eigenvalue weighted by atomic mass is 16.5. The van der Waals surface area contributed by atoms with Crippen LogP contribution in [0.4, 0.5) is 0 Å². The molecule has 0 fully saturated rings. The first kappa shape index (κ1) is 15.8. The molecule has 0 unspecified atom stereocenters. The lowest BCUT2D eigenvalue weighted by molar-refractivity contribution is 0.111. The number of carbonyl (C=O) groups is 1. The molecule has 0 saturated heterocycles. The number of hydrogen-bond donors (Lipinski definition) is 1. The van der Waals surface area contributed by atoms with E-state index in [1.54, 1.807) is 6.20 Å². The SMILES string of the molecule is COc1cc(C=O)c(OCc2nc3ccccn3c2-c2ccn[nH]2)cn1. The van der Waals surface area contributed by atoms with E-state index in [0.29, 0.717) is 29.2 Å². The van der Waals surface area contributed by atoms with Crippen LogP contribution in [0.1, 0.15) is 16.1 Å². The van der Waals surface area contributed by atoms with E-state index in [2.05, 4.69) is 20.2 Å². The molecule has 0 spiro atoms. The van der Waals surface area contributed by atoms with Crippen LogP contribution in [0, 0.1) is 0 Å². The summed E-state index contributed by atoms with van der Waals surface area (Å²) >= 11 is 0. The highest BCUT2D eigenvalue weighted by Crippen LogP contribution is 2.26. The first-order valence-corrected chi connectivity index (χ1v) is 7.88. The highest BCUT2D eigenvalue weighted by molar-refractivity contribution is 5.79. The smallest absolute Gasteiger partial charge is 0.213 e. The van der Waals surface area contributed by atoms with Gasteiger partial charge in [-0.15, -0.1) is 0 Å². The molecule has 0 aliphatic rings. The van der Waals surface area contributed by atoms with Gasteiger partial charge in [0.25, 0.3) is 0 Å². The minimum atomic E-state index is 0.172. The van der Waals surface area contributed by atoms with E-state index in [0.717, 1.165) is 17.0 Å². The van der Waals surface area contributed by atoms with Crippen molar-refractivity contribution in [3.8, 4) is 23.0 Å². The topological polar surface area (TPSA) is 94.4 Å². The fourth-order valence-electron chi connectivity index (χ4n) is 2.73. The van der Waals surface area contributed by atoms with Gasteiger partial charge in [0.1, 0.15) is 23.7 Å². The van der Waals surface area contributed by atoms with Crippen molar-refractivity contribution >= 4 is 11.9 Å². The molecule has 4 aromatic rings. The van der Waals surface area contributed by atoms with Crippen LogP contribution >= 0.6 is 0 Å². The number of H-pyrrole nitrogens is 1. The number of imidazole rings is 1. The molecule has 1 N–H and O–H groups in total. The van der Waals surface area contributed by atoms with Crippen LogP contribution in [-0.4, -0.2) is 38.0 Å². The Morgan fingerprint density at radius 3 is 3.00 bits per heavy atom. The summed E-state index contributed by atoms with van der Waals surface area (Å²) in [6.45, 7) is 0.172. The van der Waals surface area contributed by atoms with Gasteiger partial charge in [-0.1, -0.05) is 6.07 Å². The number of hydrogen-bond acceptors (Lipinski definition) is 6. The Morgan fingerprint density at radius 1 is 1.31 bits per heavy atom. The fourth-order valence-corrected chi connectivity index (χ4v) is 2.73. The van der Waals surface area contributed by atoms with Gasteiger partial charge in [0.15, 0.2) is 6.29 Å². The van der Waals surface area contributed by atoms with Crippen molar-refractivity contribution in [1.82, 2.24) is 24.6 Å². The third kappa shape index (κ3) is 2.77. The van der Waals surface area contributed by atoms with Crippen molar-refractivity contribution in [1.29, 1.82) is 0 Å². The maximum Gasteiger partial charge on any atom is 0.213 e. The third-order valence-corrected chi connectivity index (χ3v) is 3.93. The molecule has 26 heavy (non-hydrogen) atoms. The van der Waals surface area contributed by atoms with Crippen molar-refractivity contribution in [2.24, 2.45) is 0 Å². The van der Waals surface area contributed by atoms with Gasteiger partial charge in [0.05, 0.1) is 30.3 Å². The summed E-state index contributed by atoms with van der Waals surface area (Å²) in [5.74, 6) is 0.721. The minimum Gasteiger partial charge on any atom is -0.485 e. The molecule has 0 saturated carbocycles. The molecule has 4 heterocycles. The molecule has 130 valence electrons. The van der Waals surface area contributed by atoms with Crippen molar-refractivity contribution in [2.45, 2.75) is 6.61 Å². The Hall–Kier alpha value is -3.68. The maximum absolute atomic E-state index is 11.3. The summed E-state index contributed by atoms with van der Waals surface area (Å²) in [5.41, 5.74) is 3.55. The summed E-state index contributed by atoms with van der Waals surface area (Å²) in [4.78, 5) is 20.0. The van der Waals surface area contributed by atoms with Gasteiger partial charge in [0, 0.05) is 18.5 Å². The monoisotopic (exact) mass is 349 g/mol. The Labute approximate surface area is 148 Å². The normalized spacial score (nSPS) is 10.8. The van der Waals surface area contributed by atoms with Crippen LogP contribution in [0.15, 0.2) is 48.9 Å². The lowest BCUT2D eigenvalue weighted by Crippen LogP contribution is -2.02. The van der Waals surface area contributed by atoms with Gasteiger partial charge in [-0.05, 0) is 18.2 Å². The molecule has 0 atom stereocenters. The molecule has 0 aliphatic carbocycles. The van der Waals surface area contributed by atoms with Gasteiger partial charge in [-0.3, -0.25) is 14.3 Å². The lowest BCUT2D eigenvalue weighted by Gasteiger charge is -2.09. The summed E-state index contributed by atoms with van der Waals surface area (Å²) in [6, 6.07) is 9.15. The van der Waals surface area contributed by atoms with E-state index >= 15 is 0 Å². The molecule has 0 aromatic carbocycles. The summed E-state index contributed by atoms with van der Waals surface area (Å²) in [7, 11) is 1.49. The van der Waals surface area contributed by atoms with Crippen LogP contribution in [0.5, 0.6) is 11.6 Å². The van der Waals surface area contributed by atoms with Gasteiger partial charge in [-0.2, -0.15) is 5.10 Å². The van der Waals surface area contributed by atoms with Crippen molar-refractivity contribution in [3.63, 3.8) is 0 Å². The molecule has 4 rings (SSSR count). The Balaban J connectivity index is 1.70. The van der Waals surface area contributed by atoms with Crippen LogP contribution in [0.3, 0.4) is 0 Å². The molecule has 0 amide bonds. The Morgan fingerprint density at radius 2 is 2.23 bits per heavy atom. The van der Waals surface area contributed by atoms with Crippen LogP contribution in [-0.2, 0) is 6.61 Å². The van der Waals surface area contributed by atoms with Gasteiger partial charge < -0.3 is 9.47 Å². The Bertz CT molecular complexity index is 1060. The molecule has 8 nitrogen and oxygen atoms in total. The summed E-state index contributed by atoms with van der Waals surface area (Å²) in [5, 5.41) is 6.97. The first-order valence-electron chi connectivity index (χ1n) is 7.88. The van der Waals surface area contributed by atoms with Crippen LogP contribution < -0.4 is 9.47 Å². The van der Waals surface area contributed by atoms with E-state index in [1.807, 2.05) is 34.9 Å². The summed E-state index contributed by atoms with van der Waals surface area (Å²) in [6.07, 6.45) is 5.78. The Kier molecular flexibility index (Phi) is 4.06. The van der Waals surface area contributed by atoms with E-state index in [4.69, 9.17) is 9.47 Å². The number of carbonyl (C=O) groups excluding carboxylic acids is 1. The van der Waals surface area contributed by atoms with Gasteiger partial charge >= 0.3 is 0 Å². The number of fused-ring (bicyclic) bond motifs is 1. The number of nitrogens with one attached hydrogen (secondary N) is 1. The van der Waals surface area contributed by atoms with Crippen molar-refractivity contribution in [2.75, 3.05) is 7.11 Å². The summed E-state index contributed by atoms with van der Waals surface area (Å²) < 4.78 is 12.8. The zero-order chi connectivity index (χ0) is 17.9. The molecule has 0 aliphatic heterocycles. The first-order chi connectivity index (χ1) is 12.8. The number of nitrogens with zero attached hydrogens (tertiary/aromatic N) is 4. The fraction of sp³-hybridized carbons (Fsp3) is 0.111. The van der Waals surface area contributed by atoms with E-state index in [9.17, 15) is 4.79 Å². The molecule has 0 bridgehead atoms. The average Bonchev–Trinajstić information content (AvgIpc) is 3.33. The second-order valence-electron chi connectivity index (χ2n) is 5.48. The van der Waals surface area contributed by atoms with Crippen molar-refractivity contribution < 1.29 is 14.3 Å². The predicted molar refractivity (Wildman–Crippen MR) is 93.3 cm³/mol. The minimum absolute atomic E-state index is 0.172. The standard InChI is InChI=1S/C18H15N5O3/c1-25-17-8-12(10-24)15(9-19-17)26-11-14-18(13-5-6-20-22-13)23-7-3-2-4-16(23)21-14/h2-10H,11H2,1H3,(H,20,22). The molecular formula is C18H15N5O3. The second kappa shape index (κ2) is 6.67. The maximum atomic E-state index is 11.3. The van der Waals surface area contributed by atoms with E-state index in [1.165, 1.54) is 19.4 Å². The van der Waals surface area contributed by atoms with E-state index < -0.39 is 0 Å². The zero-order valence-electron chi connectivity index (χ0n) is 13.9.